The molecule has 0 aromatic heterocycles. The molecule has 128 valence electrons. The fraction of sp³-hybridized carbons (Fsp3) is 0.556. The highest BCUT2D eigenvalue weighted by Crippen LogP contribution is 2.10. The lowest BCUT2D eigenvalue weighted by molar-refractivity contribution is -0.137. The molecule has 23 heavy (non-hydrogen) atoms. The average Bonchev–Trinajstić information content (AvgIpc) is 2.53. The molecule has 5 heteroatoms. The van der Waals surface area contributed by atoms with Gasteiger partial charge in [-0.25, -0.2) is 4.79 Å². The Kier molecular flexibility index (Phi) is 8.16. The van der Waals surface area contributed by atoms with Crippen LogP contribution in [0.5, 0.6) is 0 Å². The van der Waals surface area contributed by atoms with E-state index in [2.05, 4.69) is 12.2 Å². The molecule has 0 aliphatic carbocycles. The summed E-state index contributed by atoms with van der Waals surface area (Å²) >= 11 is 0. The smallest absolute Gasteiger partial charge is 0.317 e. The van der Waals surface area contributed by atoms with E-state index in [1.54, 1.807) is 11.9 Å². The quantitative estimate of drug-likeness (QED) is 0.733. The summed E-state index contributed by atoms with van der Waals surface area (Å²) in [5, 5.41) is 11.9. The average molecular weight is 320 g/mol. The van der Waals surface area contributed by atoms with E-state index in [1.165, 1.54) is 0 Å². The highest BCUT2D eigenvalue weighted by Gasteiger charge is 2.19. The van der Waals surface area contributed by atoms with Crippen LogP contribution in [-0.4, -0.2) is 41.1 Å². The van der Waals surface area contributed by atoms with Crippen molar-refractivity contribution in [3.05, 3.63) is 35.9 Å². The van der Waals surface area contributed by atoms with Crippen molar-refractivity contribution in [1.82, 2.24) is 10.2 Å². The second kappa shape index (κ2) is 9.87. The van der Waals surface area contributed by atoms with Gasteiger partial charge in [0.25, 0.3) is 0 Å². The van der Waals surface area contributed by atoms with Crippen LogP contribution in [0.2, 0.25) is 0 Å². The second-order valence-corrected chi connectivity index (χ2v) is 6.02. The van der Waals surface area contributed by atoms with Crippen LogP contribution in [0.1, 0.15) is 45.1 Å². The third-order valence-electron chi connectivity index (χ3n) is 4.05. The summed E-state index contributed by atoms with van der Waals surface area (Å²) in [6.07, 6.45) is 3.07. The van der Waals surface area contributed by atoms with Crippen molar-refractivity contribution >= 4 is 12.0 Å². The third-order valence-corrected chi connectivity index (χ3v) is 4.05. The molecule has 0 fully saturated rings. The predicted octanol–water partition coefficient (Wildman–Crippen LogP) is 3.29. The number of carboxylic acid groups (broad SMARTS) is 1. The molecule has 0 saturated heterocycles. The molecular formula is C18H28N2O3. The van der Waals surface area contributed by atoms with Gasteiger partial charge in [-0.05, 0) is 31.7 Å². The number of carbonyl (C=O) groups excluding carboxylic acids is 1. The Hall–Kier alpha value is -2.04. The lowest BCUT2D eigenvalue weighted by Crippen LogP contribution is -2.47. The van der Waals surface area contributed by atoms with Gasteiger partial charge in [0, 0.05) is 25.6 Å². The van der Waals surface area contributed by atoms with Gasteiger partial charge >= 0.3 is 12.0 Å². The van der Waals surface area contributed by atoms with E-state index in [1.807, 2.05) is 37.3 Å². The number of hydrogen-bond acceptors (Lipinski definition) is 2. The van der Waals surface area contributed by atoms with Crippen LogP contribution >= 0.6 is 0 Å². The van der Waals surface area contributed by atoms with E-state index in [4.69, 9.17) is 5.11 Å². The molecule has 0 saturated carbocycles. The van der Waals surface area contributed by atoms with Crippen molar-refractivity contribution in [3.8, 4) is 0 Å². The zero-order valence-corrected chi connectivity index (χ0v) is 14.3. The molecule has 5 nitrogen and oxygen atoms in total. The topological polar surface area (TPSA) is 69.6 Å². The third kappa shape index (κ3) is 7.17. The van der Waals surface area contributed by atoms with Crippen LogP contribution in [0.25, 0.3) is 0 Å². The largest absolute Gasteiger partial charge is 0.481 e. The van der Waals surface area contributed by atoms with Gasteiger partial charge in [0.1, 0.15) is 0 Å². The van der Waals surface area contributed by atoms with Crippen LogP contribution in [0.15, 0.2) is 30.3 Å². The van der Waals surface area contributed by atoms with E-state index < -0.39 is 5.97 Å². The lowest BCUT2D eigenvalue weighted by atomic mass is 10.0. The summed E-state index contributed by atoms with van der Waals surface area (Å²) in [4.78, 5) is 24.9. The first-order valence-electron chi connectivity index (χ1n) is 8.23. The summed E-state index contributed by atoms with van der Waals surface area (Å²) in [6.45, 7) is 4.11. The Morgan fingerprint density at radius 2 is 1.87 bits per heavy atom. The molecule has 0 aliphatic heterocycles. The van der Waals surface area contributed by atoms with E-state index in [0.29, 0.717) is 12.8 Å². The van der Waals surface area contributed by atoms with E-state index in [0.717, 1.165) is 18.4 Å². The molecule has 2 unspecified atom stereocenters. The van der Waals surface area contributed by atoms with Gasteiger partial charge in [0.2, 0.25) is 0 Å². The Morgan fingerprint density at radius 3 is 2.43 bits per heavy atom. The van der Waals surface area contributed by atoms with Gasteiger partial charge in [0.05, 0.1) is 0 Å². The number of rotatable bonds is 9. The first-order valence-corrected chi connectivity index (χ1v) is 8.23. The van der Waals surface area contributed by atoms with Crippen LogP contribution in [0.4, 0.5) is 4.79 Å². The predicted molar refractivity (Wildman–Crippen MR) is 91.5 cm³/mol. The SMILES string of the molecule is CCCC(C)N(C)C(=O)NC(CCC(=O)O)Cc1ccccc1. The summed E-state index contributed by atoms with van der Waals surface area (Å²) in [5.41, 5.74) is 1.09. The van der Waals surface area contributed by atoms with Crippen LogP contribution < -0.4 is 5.32 Å². The monoisotopic (exact) mass is 320 g/mol. The van der Waals surface area contributed by atoms with Gasteiger partial charge in [-0.2, -0.15) is 0 Å². The van der Waals surface area contributed by atoms with Crippen molar-refractivity contribution in [2.24, 2.45) is 0 Å². The molecule has 1 aromatic carbocycles. The summed E-state index contributed by atoms with van der Waals surface area (Å²) in [7, 11) is 1.78. The van der Waals surface area contributed by atoms with Crippen molar-refractivity contribution in [3.63, 3.8) is 0 Å². The van der Waals surface area contributed by atoms with E-state index in [-0.39, 0.29) is 24.5 Å². The number of nitrogens with zero attached hydrogens (tertiary/aromatic N) is 1. The Labute approximate surface area is 138 Å². The maximum absolute atomic E-state index is 12.4. The molecule has 0 heterocycles. The van der Waals surface area contributed by atoms with Gasteiger partial charge in [0.15, 0.2) is 0 Å². The minimum absolute atomic E-state index is 0.0476. The number of carboxylic acids is 1. The van der Waals surface area contributed by atoms with Crippen molar-refractivity contribution < 1.29 is 14.7 Å². The normalized spacial score (nSPS) is 13.2. The zero-order valence-electron chi connectivity index (χ0n) is 14.3. The second-order valence-electron chi connectivity index (χ2n) is 6.02. The molecule has 0 radical (unpaired) electrons. The Balaban J connectivity index is 2.67. The fourth-order valence-corrected chi connectivity index (χ4v) is 2.51. The minimum Gasteiger partial charge on any atom is -0.481 e. The maximum atomic E-state index is 12.4. The van der Waals surface area contributed by atoms with Crippen molar-refractivity contribution in [2.45, 2.75) is 58.0 Å². The van der Waals surface area contributed by atoms with Gasteiger partial charge in [-0.15, -0.1) is 0 Å². The van der Waals surface area contributed by atoms with Crippen LogP contribution in [-0.2, 0) is 11.2 Å². The first-order chi connectivity index (χ1) is 10.9. The van der Waals surface area contributed by atoms with Crippen LogP contribution in [0.3, 0.4) is 0 Å². The maximum Gasteiger partial charge on any atom is 0.317 e. The molecule has 1 rings (SSSR count). The van der Waals surface area contributed by atoms with Gasteiger partial charge in [-0.3, -0.25) is 4.79 Å². The minimum atomic E-state index is -0.843. The molecule has 0 bridgehead atoms. The van der Waals surface area contributed by atoms with Crippen molar-refractivity contribution in [1.29, 1.82) is 0 Å². The molecular weight excluding hydrogens is 292 g/mol. The van der Waals surface area contributed by atoms with Gasteiger partial charge < -0.3 is 15.3 Å². The molecule has 2 amide bonds. The van der Waals surface area contributed by atoms with E-state index in [9.17, 15) is 9.59 Å². The zero-order chi connectivity index (χ0) is 17.2. The highest BCUT2D eigenvalue weighted by molar-refractivity contribution is 5.74. The first kappa shape index (κ1) is 19.0. The molecule has 2 atom stereocenters. The molecule has 2 N–H and O–H groups in total. The highest BCUT2D eigenvalue weighted by atomic mass is 16.4. The molecule has 0 spiro atoms. The van der Waals surface area contributed by atoms with Crippen LogP contribution in [0, 0.1) is 0 Å². The number of urea groups is 1. The standard InChI is InChI=1S/C18H28N2O3/c1-4-8-14(2)20(3)18(23)19-16(11-12-17(21)22)13-15-9-6-5-7-10-15/h5-7,9-10,14,16H,4,8,11-13H2,1-3H3,(H,19,23)(H,21,22). The van der Waals surface area contributed by atoms with E-state index >= 15 is 0 Å². The molecule has 0 aliphatic rings. The van der Waals surface area contributed by atoms with Crippen molar-refractivity contribution in [2.75, 3.05) is 7.05 Å². The summed E-state index contributed by atoms with van der Waals surface area (Å²) in [6, 6.07) is 9.65. The number of amides is 2. The number of hydrogen-bond donors (Lipinski definition) is 2. The van der Waals surface area contributed by atoms with Gasteiger partial charge in [-0.1, -0.05) is 43.7 Å². The number of benzene rings is 1. The summed E-state index contributed by atoms with van der Waals surface area (Å²) in [5.74, 6) is -0.843. The number of aliphatic carboxylic acids is 1. The number of carbonyl (C=O) groups is 2. The summed E-state index contributed by atoms with van der Waals surface area (Å²) < 4.78 is 0. The number of nitrogens with one attached hydrogen (secondary N) is 1. The lowest BCUT2D eigenvalue weighted by Gasteiger charge is -2.28. The fourth-order valence-electron chi connectivity index (χ4n) is 2.51. The Bertz CT molecular complexity index is 490. The Morgan fingerprint density at radius 1 is 1.22 bits per heavy atom. The molecule has 1 aromatic rings.